The molecule has 1 atom stereocenters. The van der Waals surface area contributed by atoms with Crippen LogP contribution in [0.15, 0.2) is 77.2 Å². The second-order valence-corrected chi connectivity index (χ2v) is 9.94. The van der Waals surface area contributed by atoms with Crippen molar-refractivity contribution in [2.45, 2.75) is 39.8 Å². The van der Waals surface area contributed by atoms with E-state index in [9.17, 15) is 14.4 Å². The Labute approximate surface area is 238 Å². The highest BCUT2D eigenvalue weighted by molar-refractivity contribution is 7.09. The van der Waals surface area contributed by atoms with E-state index in [-0.39, 0.29) is 12.6 Å². The largest absolute Gasteiger partial charge is 0.489 e. The van der Waals surface area contributed by atoms with Crippen molar-refractivity contribution in [3.63, 3.8) is 0 Å². The molecule has 1 heterocycles. The van der Waals surface area contributed by atoms with E-state index in [0.717, 1.165) is 22.4 Å². The van der Waals surface area contributed by atoms with Crippen LogP contribution in [0, 0.1) is 0 Å². The fraction of sp³-hybridized carbons (Fsp3) is 0.290. The highest BCUT2D eigenvalue weighted by atomic mass is 32.1. The standard InChI is InChI=1S/C31H34N2O6S/c1-5-38-31(36)22(3)15-21(2)16-25-20-40-30(32-25)27(33-29(35)28(34)19-37-4)17-23-11-13-26(14-12-23)39-18-24-9-7-6-8-10-24/h6-16,20,27H,5,17-19H2,1-4H3,(H,33,35)/t27-/m0/s1. The second kappa shape index (κ2) is 15.5. The summed E-state index contributed by atoms with van der Waals surface area (Å²) in [6.45, 7) is 5.80. The van der Waals surface area contributed by atoms with Crippen LogP contribution in [0.5, 0.6) is 5.75 Å². The number of hydrogen-bond donors (Lipinski definition) is 1. The third-order valence-electron chi connectivity index (χ3n) is 5.70. The number of ether oxygens (including phenoxy) is 3. The number of nitrogens with zero attached hydrogens (tertiary/aromatic N) is 1. The van der Waals surface area contributed by atoms with Gasteiger partial charge >= 0.3 is 5.97 Å². The first kappa shape index (κ1) is 30.5. The molecule has 0 saturated heterocycles. The van der Waals surface area contributed by atoms with Gasteiger partial charge in [0.25, 0.3) is 5.91 Å². The van der Waals surface area contributed by atoms with Crippen molar-refractivity contribution in [3.05, 3.63) is 99.0 Å². The summed E-state index contributed by atoms with van der Waals surface area (Å²) < 4.78 is 15.7. The summed E-state index contributed by atoms with van der Waals surface area (Å²) in [5.41, 5.74) is 4.00. The van der Waals surface area contributed by atoms with Gasteiger partial charge in [-0.1, -0.05) is 42.5 Å². The first-order valence-electron chi connectivity index (χ1n) is 12.9. The summed E-state index contributed by atoms with van der Waals surface area (Å²) in [4.78, 5) is 41.3. The molecule has 0 aliphatic rings. The van der Waals surface area contributed by atoms with Crippen molar-refractivity contribution in [3.8, 4) is 5.75 Å². The maximum Gasteiger partial charge on any atom is 0.333 e. The van der Waals surface area contributed by atoms with Crippen LogP contribution in [0.1, 0.15) is 48.6 Å². The van der Waals surface area contributed by atoms with Gasteiger partial charge in [0, 0.05) is 18.1 Å². The molecule has 3 rings (SSSR count). The van der Waals surface area contributed by atoms with Gasteiger partial charge in [-0.2, -0.15) is 0 Å². The van der Waals surface area contributed by atoms with E-state index >= 15 is 0 Å². The molecule has 1 amide bonds. The molecule has 0 fully saturated rings. The van der Waals surface area contributed by atoms with E-state index < -0.39 is 17.7 Å². The predicted octanol–water partition coefficient (Wildman–Crippen LogP) is 5.25. The molecule has 0 bridgehead atoms. The molecule has 8 nitrogen and oxygen atoms in total. The highest BCUT2D eigenvalue weighted by Gasteiger charge is 2.22. The maximum absolute atomic E-state index is 12.6. The lowest BCUT2D eigenvalue weighted by Crippen LogP contribution is -2.37. The van der Waals surface area contributed by atoms with Gasteiger partial charge in [0.05, 0.1) is 18.3 Å². The molecule has 40 heavy (non-hydrogen) atoms. The first-order valence-corrected chi connectivity index (χ1v) is 13.7. The Balaban J connectivity index is 1.75. The van der Waals surface area contributed by atoms with Crippen LogP contribution in [0.25, 0.3) is 6.08 Å². The molecule has 2 aromatic carbocycles. The second-order valence-electron chi connectivity index (χ2n) is 9.05. The van der Waals surface area contributed by atoms with Gasteiger partial charge in [-0.3, -0.25) is 9.59 Å². The van der Waals surface area contributed by atoms with Crippen LogP contribution in [-0.4, -0.2) is 43.0 Å². The Morgan fingerprint density at radius 2 is 1.75 bits per heavy atom. The summed E-state index contributed by atoms with van der Waals surface area (Å²) in [6.07, 6.45) is 4.00. The molecule has 1 aromatic heterocycles. The summed E-state index contributed by atoms with van der Waals surface area (Å²) >= 11 is 1.38. The Bertz CT molecular complexity index is 1350. The Morgan fingerprint density at radius 3 is 2.42 bits per heavy atom. The average molecular weight is 563 g/mol. The third-order valence-corrected chi connectivity index (χ3v) is 6.68. The van der Waals surface area contributed by atoms with Gasteiger partial charge < -0.3 is 19.5 Å². The molecule has 0 aliphatic heterocycles. The van der Waals surface area contributed by atoms with Gasteiger partial charge in [0.2, 0.25) is 5.78 Å². The molecule has 0 radical (unpaired) electrons. The fourth-order valence-corrected chi connectivity index (χ4v) is 4.61. The molecule has 0 unspecified atom stereocenters. The Hall–Kier alpha value is -4.08. The van der Waals surface area contributed by atoms with Crippen LogP contribution in [-0.2, 0) is 36.9 Å². The highest BCUT2D eigenvalue weighted by Crippen LogP contribution is 2.25. The van der Waals surface area contributed by atoms with Gasteiger partial charge in [0.15, 0.2) is 0 Å². The minimum absolute atomic E-state index is 0.302. The average Bonchev–Trinajstić information content (AvgIpc) is 3.41. The molecule has 210 valence electrons. The quantitative estimate of drug-likeness (QED) is 0.124. The molecule has 0 spiro atoms. The number of benzene rings is 2. The lowest BCUT2D eigenvalue weighted by atomic mass is 10.1. The number of carbonyl (C=O) groups is 3. The predicted molar refractivity (Wildman–Crippen MR) is 155 cm³/mol. The monoisotopic (exact) mass is 562 g/mol. The number of hydrogen-bond acceptors (Lipinski definition) is 8. The first-order chi connectivity index (χ1) is 19.3. The summed E-state index contributed by atoms with van der Waals surface area (Å²) in [5, 5.41) is 5.32. The van der Waals surface area contributed by atoms with Crippen molar-refractivity contribution < 1.29 is 28.6 Å². The van der Waals surface area contributed by atoms with Gasteiger partial charge in [-0.15, -0.1) is 11.3 Å². The van der Waals surface area contributed by atoms with Crippen molar-refractivity contribution in [1.29, 1.82) is 0 Å². The topological polar surface area (TPSA) is 104 Å². The molecule has 0 saturated carbocycles. The normalized spacial score (nSPS) is 12.5. The van der Waals surface area contributed by atoms with Crippen molar-refractivity contribution in [2.24, 2.45) is 0 Å². The van der Waals surface area contributed by atoms with Gasteiger partial charge in [0.1, 0.15) is 24.0 Å². The van der Waals surface area contributed by atoms with Crippen LogP contribution in [0.3, 0.4) is 0 Å². The Morgan fingerprint density at radius 1 is 1.02 bits per heavy atom. The number of amides is 1. The van der Waals surface area contributed by atoms with Crippen molar-refractivity contribution in [2.75, 3.05) is 20.3 Å². The van der Waals surface area contributed by atoms with E-state index in [1.54, 1.807) is 19.9 Å². The number of Topliss-reactive ketones (excluding diaryl/α,β-unsaturated/α-hetero) is 1. The number of rotatable bonds is 14. The number of esters is 1. The minimum Gasteiger partial charge on any atom is -0.489 e. The lowest BCUT2D eigenvalue weighted by Gasteiger charge is -2.17. The molecule has 3 aromatic rings. The van der Waals surface area contributed by atoms with E-state index in [0.29, 0.717) is 35.9 Å². The van der Waals surface area contributed by atoms with Crippen LogP contribution < -0.4 is 10.1 Å². The number of methoxy groups -OCH3 is 1. The fourth-order valence-electron chi connectivity index (χ4n) is 3.78. The van der Waals surface area contributed by atoms with Crippen LogP contribution >= 0.6 is 11.3 Å². The number of aromatic nitrogens is 1. The molecular weight excluding hydrogens is 528 g/mol. The smallest absolute Gasteiger partial charge is 0.333 e. The van der Waals surface area contributed by atoms with Crippen molar-refractivity contribution in [1.82, 2.24) is 10.3 Å². The van der Waals surface area contributed by atoms with E-state index in [1.807, 2.05) is 73.0 Å². The molecular formula is C31H34N2O6S. The minimum atomic E-state index is -0.730. The number of carbonyl (C=O) groups excluding carboxylic acids is 3. The number of thiazole rings is 1. The van der Waals surface area contributed by atoms with Crippen LogP contribution in [0.2, 0.25) is 0 Å². The van der Waals surface area contributed by atoms with E-state index in [1.165, 1.54) is 18.4 Å². The number of ketones is 1. The number of allylic oxidation sites excluding steroid dienone is 2. The van der Waals surface area contributed by atoms with Gasteiger partial charge in [-0.05, 0) is 68.2 Å². The zero-order valence-electron chi connectivity index (χ0n) is 23.1. The maximum atomic E-state index is 12.6. The van der Waals surface area contributed by atoms with Crippen molar-refractivity contribution >= 4 is 35.1 Å². The van der Waals surface area contributed by atoms with Gasteiger partial charge in [-0.25, -0.2) is 9.78 Å². The number of nitrogens with one attached hydrogen (secondary N) is 1. The van der Waals surface area contributed by atoms with E-state index in [4.69, 9.17) is 14.2 Å². The zero-order chi connectivity index (χ0) is 28.9. The third kappa shape index (κ3) is 9.59. The lowest BCUT2D eigenvalue weighted by molar-refractivity contribution is -0.140. The molecule has 1 N–H and O–H groups in total. The SMILES string of the molecule is CCOC(=O)C(C)=CC(C)=Cc1csc([C@H](Cc2ccc(OCc3ccccc3)cc2)NC(=O)C(=O)COC)n1. The zero-order valence-corrected chi connectivity index (χ0v) is 24.0. The van der Waals surface area contributed by atoms with Crippen LogP contribution in [0.4, 0.5) is 0 Å². The van der Waals surface area contributed by atoms with E-state index in [2.05, 4.69) is 10.3 Å². The molecule has 0 aliphatic carbocycles. The molecule has 9 heteroatoms. The Kier molecular flexibility index (Phi) is 11.8. The summed E-state index contributed by atoms with van der Waals surface area (Å²) in [7, 11) is 1.37. The summed E-state index contributed by atoms with van der Waals surface area (Å²) in [5.74, 6) is -1.03. The summed E-state index contributed by atoms with van der Waals surface area (Å²) in [6, 6.07) is 17.0.